The Labute approximate surface area is 427 Å². The number of allylic oxidation sites excluding steroid dienone is 12. The van der Waals surface area contributed by atoms with Crippen LogP contribution in [0.5, 0.6) is 0 Å². The Hall–Kier alpha value is -3.15. The van der Waals surface area contributed by atoms with Crippen LogP contribution in [0.15, 0.2) is 72.9 Å². The molecular formula is C63H110O6. The maximum atomic E-state index is 12.9. The third kappa shape index (κ3) is 55.6. The van der Waals surface area contributed by atoms with Crippen LogP contribution in [0, 0.1) is 0 Å². The molecule has 6 heteroatoms. The Morgan fingerprint density at radius 2 is 0.580 bits per heavy atom. The molecule has 1 atom stereocenters. The zero-order valence-electron chi connectivity index (χ0n) is 45.6. The molecule has 6 nitrogen and oxygen atoms in total. The van der Waals surface area contributed by atoms with E-state index in [0.717, 1.165) is 77.0 Å². The molecule has 0 spiro atoms. The summed E-state index contributed by atoms with van der Waals surface area (Å²) in [6.45, 7) is 6.50. The van der Waals surface area contributed by atoms with Crippen molar-refractivity contribution in [3.05, 3.63) is 72.9 Å². The lowest BCUT2D eigenvalue weighted by atomic mass is 10.0. The first-order valence-electron chi connectivity index (χ1n) is 29.4. The van der Waals surface area contributed by atoms with Crippen molar-refractivity contribution >= 4 is 17.9 Å². The summed E-state index contributed by atoms with van der Waals surface area (Å²) in [4.78, 5) is 38.2. The minimum Gasteiger partial charge on any atom is -0.462 e. The molecule has 0 aromatic rings. The van der Waals surface area contributed by atoms with Crippen LogP contribution in [0.25, 0.3) is 0 Å². The Kier molecular flexibility index (Phi) is 54.8. The number of carbonyl (C=O) groups is 3. The van der Waals surface area contributed by atoms with Crippen molar-refractivity contribution in [1.29, 1.82) is 0 Å². The summed E-state index contributed by atoms with van der Waals surface area (Å²) in [6.07, 6.45) is 73.3. The molecule has 0 aliphatic rings. The molecule has 0 aliphatic carbocycles. The van der Waals surface area contributed by atoms with Crippen LogP contribution in [0.3, 0.4) is 0 Å². The van der Waals surface area contributed by atoms with Gasteiger partial charge >= 0.3 is 17.9 Å². The third-order valence-corrected chi connectivity index (χ3v) is 12.7. The number of esters is 3. The highest BCUT2D eigenvalue weighted by molar-refractivity contribution is 5.71. The van der Waals surface area contributed by atoms with Gasteiger partial charge in [-0.05, 0) is 83.5 Å². The van der Waals surface area contributed by atoms with Crippen molar-refractivity contribution in [2.75, 3.05) is 13.2 Å². The fraction of sp³-hybridized carbons (Fsp3) is 0.762. The molecule has 0 radical (unpaired) electrons. The molecule has 0 rings (SSSR count). The molecular weight excluding hydrogens is 853 g/mol. The predicted molar refractivity (Wildman–Crippen MR) is 298 cm³/mol. The second-order valence-electron chi connectivity index (χ2n) is 19.5. The van der Waals surface area contributed by atoms with Crippen molar-refractivity contribution in [1.82, 2.24) is 0 Å². The summed E-state index contributed by atoms with van der Waals surface area (Å²) in [5.74, 6) is -0.943. The Balaban J connectivity index is 4.43. The van der Waals surface area contributed by atoms with E-state index in [0.29, 0.717) is 19.3 Å². The van der Waals surface area contributed by atoms with Gasteiger partial charge in [0.1, 0.15) is 13.2 Å². The van der Waals surface area contributed by atoms with E-state index in [1.165, 1.54) is 167 Å². The lowest BCUT2D eigenvalue weighted by Crippen LogP contribution is -2.30. The summed E-state index contributed by atoms with van der Waals surface area (Å²) in [5.41, 5.74) is 0. The van der Waals surface area contributed by atoms with E-state index in [-0.39, 0.29) is 37.5 Å². The molecule has 0 N–H and O–H groups in total. The van der Waals surface area contributed by atoms with Gasteiger partial charge in [-0.2, -0.15) is 0 Å². The van der Waals surface area contributed by atoms with Gasteiger partial charge in [0.2, 0.25) is 0 Å². The summed E-state index contributed by atoms with van der Waals surface area (Å²) in [5, 5.41) is 0. The lowest BCUT2D eigenvalue weighted by molar-refractivity contribution is -0.167. The average molecular weight is 964 g/mol. The third-order valence-electron chi connectivity index (χ3n) is 12.7. The molecule has 0 aromatic heterocycles. The van der Waals surface area contributed by atoms with E-state index in [9.17, 15) is 14.4 Å². The highest BCUT2D eigenvalue weighted by atomic mass is 16.6. The van der Waals surface area contributed by atoms with Crippen molar-refractivity contribution in [3.8, 4) is 0 Å². The maximum Gasteiger partial charge on any atom is 0.306 e. The van der Waals surface area contributed by atoms with Crippen molar-refractivity contribution in [2.45, 2.75) is 297 Å². The first kappa shape index (κ1) is 65.8. The zero-order valence-corrected chi connectivity index (χ0v) is 45.6. The summed E-state index contributed by atoms with van der Waals surface area (Å²) in [6, 6.07) is 0. The number of carbonyl (C=O) groups excluding carboxylic acids is 3. The van der Waals surface area contributed by atoms with Gasteiger partial charge in [-0.25, -0.2) is 0 Å². The highest BCUT2D eigenvalue weighted by Crippen LogP contribution is 2.16. The minimum absolute atomic E-state index is 0.0916. The average Bonchev–Trinajstić information content (AvgIpc) is 3.35. The molecule has 0 aliphatic heterocycles. The summed E-state index contributed by atoms with van der Waals surface area (Å²) in [7, 11) is 0. The molecule has 0 fully saturated rings. The van der Waals surface area contributed by atoms with Crippen LogP contribution in [-0.4, -0.2) is 37.2 Å². The molecule has 0 unspecified atom stereocenters. The first-order chi connectivity index (χ1) is 34.0. The fourth-order valence-electron chi connectivity index (χ4n) is 8.30. The Morgan fingerprint density at radius 1 is 0.304 bits per heavy atom. The second-order valence-corrected chi connectivity index (χ2v) is 19.5. The number of hydrogen-bond acceptors (Lipinski definition) is 6. The van der Waals surface area contributed by atoms with Crippen molar-refractivity contribution in [3.63, 3.8) is 0 Å². The van der Waals surface area contributed by atoms with E-state index in [2.05, 4.69) is 93.7 Å². The van der Waals surface area contributed by atoms with Crippen molar-refractivity contribution < 1.29 is 28.6 Å². The van der Waals surface area contributed by atoms with Crippen LogP contribution >= 0.6 is 0 Å². The molecule has 0 saturated carbocycles. The first-order valence-corrected chi connectivity index (χ1v) is 29.4. The van der Waals surface area contributed by atoms with Crippen LogP contribution in [-0.2, 0) is 28.6 Å². The normalized spacial score (nSPS) is 12.6. The van der Waals surface area contributed by atoms with Gasteiger partial charge in [0.15, 0.2) is 6.10 Å². The van der Waals surface area contributed by atoms with Crippen LogP contribution in [0.2, 0.25) is 0 Å². The van der Waals surface area contributed by atoms with Crippen LogP contribution < -0.4 is 0 Å². The predicted octanol–water partition coefficient (Wildman–Crippen LogP) is 19.8. The number of ether oxygens (including phenoxy) is 3. The Bertz CT molecular complexity index is 1290. The van der Waals surface area contributed by atoms with E-state index < -0.39 is 6.10 Å². The quantitative estimate of drug-likeness (QED) is 0.0262. The summed E-state index contributed by atoms with van der Waals surface area (Å²) >= 11 is 0. The van der Waals surface area contributed by atoms with Crippen LogP contribution in [0.4, 0.5) is 0 Å². The largest absolute Gasteiger partial charge is 0.462 e. The van der Waals surface area contributed by atoms with Gasteiger partial charge in [0.25, 0.3) is 0 Å². The zero-order chi connectivity index (χ0) is 50.0. The number of rotatable bonds is 53. The highest BCUT2D eigenvalue weighted by Gasteiger charge is 2.19. The van der Waals surface area contributed by atoms with Gasteiger partial charge < -0.3 is 14.2 Å². The number of hydrogen-bond donors (Lipinski definition) is 0. The van der Waals surface area contributed by atoms with Gasteiger partial charge in [0.05, 0.1) is 0 Å². The molecule has 0 bridgehead atoms. The molecule has 69 heavy (non-hydrogen) atoms. The molecule has 0 aromatic carbocycles. The second kappa shape index (κ2) is 57.4. The molecule has 0 amide bonds. The van der Waals surface area contributed by atoms with Crippen molar-refractivity contribution in [2.24, 2.45) is 0 Å². The van der Waals surface area contributed by atoms with Gasteiger partial charge in [-0.15, -0.1) is 0 Å². The summed E-state index contributed by atoms with van der Waals surface area (Å²) < 4.78 is 16.8. The van der Waals surface area contributed by atoms with E-state index in [1.807, 2.05) is 0 Å². The lowest BCUT2D eigenvalue weighted by Gasteiger charge is -2.18. The minimum atomic E-state index is -0.797. The fourth-order valence-corrected chi connectivity index (χ4v) is 8.30. The molecule has 0 heterocycles. The van der Waals surface area contributed by atoms with E-state index in [1.54, 1.807) is 0 Å². The topological polar surface area (TPSA) is 78.9 Å². The number of unbranched alkanes of at least 4 members (excludes halogenated alkanes) is 30. The monoisotopic (exact) mass is 963 g/mol. The van der Waals surface area contributed by atoms with Crippen LogP contribution in [0.1, 0.15) is 290 Å². The van der Waals surface area contributed by atoms with Gasteiger partial charge in [-0.3, -0.25) is 14.4 Å². The molecule has 0 saturated heterocycles. The van der Waals surface area contributed by atoms with Gasteiger partial charge in [-0.1, -0.05) is 261 Å². The van der Waals surface area contributed by atoms with Gasteiger partial charge in [0, 0.05) is 19.3 Å². The maximum absolute atomic E-state index is 12.9. The smallest absolute Gasteiger partial charge is 0.306 e. The molecule has 398 valence electrons. The van der Waals surface area contributed by atoms with E-state index >= 15 is 0 Å². The SMILES string of the molecule is CC/C=C\C/C=C\C/C=C\C/C=C\C/C=C\CCCC(=O)OC[C@H](COC(=O)CCCCCCCCCCC/C=C\CCCCCCCC)OC(=O)CCCCCCCCCCCCCCCCC. The standard InChI is InChI=1S/C63H110O6/c1-4-7-10-13-16-19-22-25-28-30-31-33-36-38-41-44-47-50-53-56-62(65)68-59-60(69-63(66)57-54-51-48-45-42-39-34-27-24-21-18-15-12-9-6-3)58-67-61(64)55-52-49-46-43-40-37-35-32-29-26-23-20-17-14-11-8-5-2/h8,11,17,20,25-26,28-29,35,37,43,46,60H,4-7,9-10,12-16,18-19,21-24,27,30-34,36,38-42,44-45,47-59H2,1-3H3/b11-8-,20-17-,28-25-,29-26-,37-35-,46-43-/t60-/m1/s1. The van der Waals surface area contributed by atoms with E-state index in [4.69, 9.17) is 14.2 Å². The Morgan fingerprint density at radius 3 is 0.957 bits per heavy atom.